The number of para-hydroxylation sites is 2. The third-order valence-electron chi connectivity index (χ3n) is 4.87. The van der Waals surface area contributed by atoms with Crippen LogP contribution in [0, 0.1) is 13.8 Å². The molecule has 1 amide bonds. The topological polar surface area (TPSA) is 83.8 Å². The SMILES string of the molecule is Cc1noc(C)c1CC(=O)NC(Cc1ccccc1)c1nc2ccccc2[nH]1. The van der Waals surface area contributed by atoms with E-state index < -0.39 is 0 Å². The van der Waals surface area contributed by atoms with Crippen molar-refractivity contribution in [2.24, 2.45) is 0 Å². The lowest BCUT2D eigenvalue weighted by Gasteiger charge is -2.17. The first-order valence-corrected chi connectivity index (χ1v) is 9.30. The molecule has 142 valence electrons. The maximum absolute atomic E-state index is 12.8. The summed E-state index contributed by atoms with van der Waals surface area (Å²) in [5.41, 5.74) is 4.55. The Morgan fingerprint density at radius 3 is 2.57 bits per heavy atom. The summed E-state index contributed by atoms with van der Waals surface area (Å²) in [6.45, 7) is 3.67. The standard InChI is InChI=1S/C22H22N4O2/c1-14-17(15(2)28-26-14)13-21(27)23-20(12-16-8-4-3-5-9-16)22-24-18-10-6-7-11-19(18)25-22/h3-11,20H,12-13H2,1-2H3,(H,23,27)(H,24,25). The summed E-state index contributed by atoms with van der Waals surface area (Å²) in [7, 11) is 0. The minimum Gasteiger partial charge on any atom is -0.361 e. The number of aromatic nitrogens is 3. The number of H-pyrrole nitrogens is 1. The van der Waals surface area contributed by atoms with E-state index in [1.807, 2.05) is 56.3 Å². The summed E-state index contributed by atoms with van der Waals surface area (Å²) in [4.78, 5) is 20.8. The first-order valence-electron chi connectivity index (χ1n) is 9.30. The number of amides is 1. The van der Waals surface area contributed by atoms with E-state index in [2.05, 4.69) is 27.6 Å². The van der Waals surface area contributed by atoms with Crippen molar-refractivity contribution in [3.05, 3.63) is 83.0 Å². The highest BCUT2D eigenvalue weighted by atomic mass is 16.5. The second-order valence-corrected chi connectivity index (χ2v) is 6.93. The summed E-state index contributed by atoms with van der Waals surface area (Å²) >= 11 is 0. The Labute approximate surface area is 163 Å². The van der Waals surface area contributed by atoms with Gasteiger partial charge in [0.2, 0.25) is 5.91 Å². The van der Waals surface area contributed by atoms with Crippen LogP contribution >= 0.6 is 0 Å². The number of benzene rings is 2. The highest BCUT2D eigenvalue weighted by Crippen LogP contribution is 2.21. The Balaban J connectivity index is 1.59. The molecule has 4 rings (SSSR count). The van der Waals surface area contributed by atoms with Gasteiger partial charge in [0.05, 0.1) is 29.2 Å². The van der Waals surface area contributed by atoms with Gasteiger partial charge in [0.15, 0.2) is 0 Å². The summed E-state index contributed by atoms with van der Waals surface area (Å²) in [6.07, 6.45) is 0.876. The Hall–Kier alpha value is -3.41. The number of hydrogen-bond acceptors (Lipinski definition) is 4. The maximum atomic E-state index is 12.8. The lowest BCUT2D eigenvalue weighted by atomic mass is 10.0. The first-order chi connectivity index (χ1) is 13.6. The molecule has 0 saturated carbocycles. The van der Waals surface area contributed by atoms with Crippen LogP contribution in [0.4, 0.5) is 0 Å². The van der Waals surface area contributed by atoms with Gasteiger partial charge in [-0.15, -0.1) is 0 Å². The third-order valence-corrected chi connectivity index (χ3v) is 4.87. The quantitative estimate of drug-likeness (QED) is 0.537. The Kier molecular flexibility index (Phi) is 4.93. The minimum atomic E-state index is -0.261. The van der Waals surface area contributed by atoms with E-state index >= 15 is 0 Å². The van der Waals surface area contributed by atoms with Crippen molar-refractivity contribution in [3.63, 3.8) is 0 Å². The predicted molar refractivity (Wildman–Crippen MR) is 107 cm³/mol. The van der Waals surface area contributed by atoms with Gasteiger partial charge in [-0.05, 0) is 38.0 Å². The Bertz CT molecular complexity index is 1050. The van der Waals surface area contributed by atoms with Gasteiger partial charge in [0, 0.05) is 5.56 Å². The molecule has 6 heteroatoms. The van der Waals surface area contributed by atoms with Crippen molar-refractivity contribution < 1.29 is 9.32 Å². The molecule has 0 spiro atoms. The fourth-order valence-corrected chi connectivity index (χ4v) is 3.36. The number of fused-ring (bicyclic) bond motifs is 1. The van der Waals surface area contributed by atoms with E-state index in [9.17, 15) is 4.79 Å². The molecule has 28 heavy (non-hydrogen) atoms. The van der Waals surface area contributed by atoms with Crippen LogP contribution in [0.3, 0.4) is 0 Å². The van der Waals surface area contributed by atoms with Crippen molar-refractivity contribution in [1.82, 2.24) is 20.4 Å². The van der Waals surface area contributed by atoms with Crippen molar-refractivity contribution >= 4 is 16.9 Å². The second kappa shape index (κ2) is 7.68. The molecule has 2 aromatic carbocycles. The molecule has 2 aromatic heterocycles. The number of nitrogens with zero attached hydrogens (tertiary/aromatic N) is 2. The maximum Gasteiger partial charge on any atom is 0.225 e. The predicted octanol–water partition coefficient (Wildman–Crippen LogP) is 3.81. The highest BCUT2D eigenvalue weighted by Gasteiger charge is 2.21. The van der Waals surface area contributed by atoms with Crippen LogP contribution in [-0.4, -0.2) is 21.0 Å². The monoisotopic (exact) mass is 374 g/mol. The number of aryl methyl sites for hydroxylation is 2. The summed E-state index contributed by atoms with van der Waals surface area (Å²) < 4.78 is 5.17. The summed E-state index contributed by atoms with van der Waals surface area (Å²) in [5.74, 6) is 1.34. The van der Waals surface area contributed by atoms with E-state index in [4.69, 9.17) is 9.51 Å². The third kappa shape index (κ3) is 3.81. The van der Waals surface area contributed by atoms with Gasteiger partial charge in [0.25, 0.3) is 0 Å². The van der Waals surface area contributed by atoms with Crippen LogP contribution in [0.15, 0.2) is 59.1 Å². The fourth-order valence-electron chi connectivity index (χ4n) is 3.36. The van der Waals surface area contributed by atoms with Crippen molar-refractivity contribution in [2.45, 2.75) is 32.7 Å². The molecule has 2 heterocycles. The molecule has 2 N–H and O–H groups in total. The molecule has 0 radical (unpaired) electrons. The molecule has 6 nitrogen and oxygen atoms in total. The van der Waals surface area contributed by atoms with Gasteiger partial charge < -0.3 is 14.8 Å². The smallest absolute Gasteiger partial charge is 0.225 e. The number of rotatable bonds is 6. The van der Waals surface area contributed by atoms with E-state index in [0.29, 0.717) is 12.2 Å². The number of aromatic amines is 1. The molecule has 4 aromatic rings. The minimum absolute atomic E-state index is 0.0872. The average molecular weight is 374 g/mol. The zero-order chi connectivity index (χ0) is 19.5. The molecule has 0 aliphatic carbocycles. The fraction of sp³-hybridized carbons (Fsp3) is 0.227. The number of carbonyl (C=O) groups excluding carboxylic acids is 1. The van der Waals surface area contributed by atoms with Gasteiger partial charge in [-0.25, -0.2) is 4.98 Å². The van der Waals surface area contributed by atoms with Crippen molar-refractivity contribution in [3.8, 4) is 0 Å². The van der Waals surface area contributed by atoms with Crippen LogP contribution in [-0.2, 0) is 17.6 Å². The highest BCUT2D eigenvalue weighted by molar-refractivity contribution is 5.80. The first kappa shape index (κ1) is 18.0. The Morgan fingerprint density at radius 1 is 1.11 bits per heavy atom. The van der Waals surface area contributed by atoms with E-state index in [1.54, 1.807) is 0 Å². The number of hydrogen-bond donors (Lipinski definition) is 2. The van der Waals surface area contributed by atoms with Crippen LogP contribution in [0.1, 0.15) is 34.4 Å². The van der Waals surface area contributed by atoms with Gasteiger partial charge in [-0.1, -0.05) is 47.6 Å². The molecule has 1 unspecified atom stereocenters. The van der Waals surface area contributed by atoms with Gasteiger partial charge >= 0.3 is 0 Å². The average Bonchev–Trinajstić information content (AvgIpc) is 3.27. The number of nitrogens with one attached hydrogen (secondary N) is 2. The van der Waals surface area contributed by atoms with Crippen LogP contribution in [0.2, 0.25) is 0 Å². The van der Waals surface area contributed by atoms with Crippen LogP contribution in [0.5, 0.6) is 0 Å². The molecule has 1 atom stereocenters. The summed E-state index contributed by atoms with van der Waals surface area (Å²) in [5, 5.41) is 7.06. The molecular formula is C22H22N4O2. The van der Waals surface area contributed by atoms with Crippen molar-refractivity contribution in [1.29, 1.82) is 0 Å². The Morgan fingerprint density at radius 2 is 1.86 bits per heavy atom. The zero-order valence-electron chi connectivity index (χ0n) is 15.9. The number of imidazole rings is 1. The largest absolute Gasteiger partial charge is 0.361 e. The molecular weight excluding hydrogens is 352 g/mol. The molecule has 0 bridgehead atoms. The second-order valence-electron chi connectivity index (χ2n) is 6.93. The van der Waals surface area contributed by atoms with Crippen LogP contribution in [0.25, 0.3) is 11.0 Å². The van der Waals surface area contributed by atoms with E-state index in [1.165, 1.54) is 0 Å². The van der Waals surface area contributed by atoms with Crippen molar-refractivity contribution in [2.75, 3.05) is 0 Å². The molecule has 0 aliphatic rings. The van der Waals surface area contributed by atoms with Gasteiger partial charge in [0.1, 0.15) is 11.6 Å². The van der Waals surface area contributed by atoms with Crippen LogP contribution < -0.4 is 5.32 Å². The molecule has 0 aliphatic heterocycles. The van der Waals surface area contributed by atoms with Gasteiger partial charge in [-0.3, -0.25) is 4.79 Å². The molecule has 0 saturated heterocycles. The lowest BCUT2D eigenvalue weighted by Crippen LogP contribution is -2.32. The number of carbonyl (C=O) groups is 1. The zero-order valence-corrected chi connectivity index (χ0v) is 15.9. The van der Waals surface area contributed by atoms with E-state index in [0.717, 1.165) is 33.7 Å². The molecule has 0 fully saturated rings. The lowest BCUT2D eigenvalue weighted by molar-refractivity contribution is -0.121. The van der Waals surface area contributed by atoms with E-state index in [-0.39, 0.29) is 18.4 Å². The normalized spacial score (nSPS) is 12.2. The summed E-state index contributed by atoms with van der Waals surface area (Å²) in [6, 6.07) is 17.7. The van der Waals surface area contributed by atoms with Gasteiger partial charge in [-0.2, -0.15) is 0 Å².